The fourth-order valence-corrected chi connectivity index (χ4v) is 2.25. The molecule has 112 valence electrons. The van der Waals surface area contributed by atoms with Crippen LogP contribution in [-0.2, 0) is 4.79 Å². The number of carbonyl (C=O) groups is 2. The molecule has 21 heavy (non-hydrogen) atoms. The summed E-state index contributed by atoms with van der Waals surface area (Å²) in [5.74, 6) is 0.0471. The van der Waals surface area contributed by atoms with Gasteiger partial charge in [0, 0.05) is 25.2 Å². The zero-order valence-electron chi connectivity index (χ0n) is 11.5. The highest BCUT2D eigenvalue weighted by molar-refractivity contribution is 5.82. The number of aldehydes is 1. The monoisotopic (exact) mass is 292 g/mol. The van der Waals surface area contributed by atoms with Gasteiger partial charge in [0.1, 0.15) is 5.75 Å². The molecule has 1 aliphatic rings. The van der Waals surface area contributed by atoms with Gasteiger partial charge >= 0.3 is 0 Å². The maximum Gasteiger partial charge on any atom is 0.270 e. The number of likely N-dealkylation sites (tertiary alicyclic amines) is 1. The van der Waals surface area contributed by atoms with Crippen LogP contribution in [0.3, 0.4) is 0 Å². The van der Waals surface area contributed by atoms with E-state index >= 15 is 0 Å². The SMILES string of the molecule is O=Cc1cc([N+](=O)[O-])ccc1OCC(=O)N1CCCCC1. The molecule has 1 aromatic carbocycles. The van der Waals surface area contributed by atoms with Gasteiger partial charge in [0.2, 0.25) is 0 Å². The number of piperidine rings is 1. The van der Waals surface area contributed by atoms with Crippen molar-refractivity contribution in [1.29, 1.82) is 0 Å². The molecule has 0 atom stereocenters. The van der Waals surface area contributed by atoms with Crippen molar-refractivity contribution >= 4 is 17.9 Å². The third kappa shape index (κ3) is 3.77. The molecule has 2 rings (SSSR count). The van der Waals surface area contributed by atoms with Crippen LogP contribution < -0.4 is 4.74 Å². The number of carbonyl (C=O) groups excluding carboxylic acids is 2. The van der Waals surface area contributed by atoms with E-state index in [0.717, 1.165) is 38.4 Å². The van der Waals surface area contributed by atoms with Crippen LogP contribution in [0.2, 0.25) is 0 Å². The van der Waals surface area contributed by atoms with E-state index in [1.165, 1.54) is 12.1 Å². The number of amides is 1. The van der Waals surface area contributed by atoms with Crippen LogP contribution in [0, 0.1) is 10.1 Å². The molecule has 0 aromatic heterocycles. The van der Waals surface area contributed by atoms with E-state index in [2.05, 4.69) is 0 Å². The summed E-state index contributed by atoms with van der Waals surface area (Å²) in [6.07, 6.45) is 3.59. The van der Waals surface area contributed by atoms with Crippen molar-refractivity contribution in [3.8, 4) is 5.75 Å². The summed E-state index contributed by atoms with van der Waals surface area (Å²) in [6.45, 7) is 1.28. The van der Waals surface area contributed by atoms with Crippen LogP contribution in [0.5, 0.6) is 5.75 Å². The minimum atomic E-state index is -0.588. The first-order valence-electron chi connectivity index (χ1n) is 6.76. The third-order valence-electron chi connectivity index (χ3n) is 3.39. The minimum Gasteiger partial charge on any atom is -0.483 e. The van der Waals surface area contributed by atoms with E-state index in [4.69, 9.17) is 4.74 Å². The van der Waals surface area contributed by atoms with E-state index in [9.17, 15) is 19.7 Å². The largest absolute Gasteiger partial charge is 0.483 e. The van der Waals surface area contributed by atoms with Gasteiger partial charge in [-0.3, -0.25) is 19.7 Å². The van der Waals surface area contributed by atoms with Gasteiger partial charge in [-0.25, -0.2) is 0 Å². The molecule has 1 fully saturated rings. The molecule has 7 nitrogen and oxygen atoms in total. The molecule has 0 aliphatic carbocycles. The van der Waals surface area contributed by atoms with E-state index in [1.807, 2.05) is 0 Å². The van der Waals surface area contributed by atoms with Crippen LogP contribution in [0.4, 0.5) is 5.69 Å². The number of nitro benzene ring substituents is 1. The Hall–Kier alpha value is -2.44. The Kier molecular flexibility index (Phi) is 4.86. The van der Waals surface area contributed by atoms with Gasteiger partial charge in [-0.05, 0) is 25.3 Å². The van der Waals surface area contributed by atoms with Crippen LogP contribution in [0.1, 0.15) is 29.6 Å². The van der Waals surface area contributed by atoms with Crippen LogP contribution >= 0.6 is 0 Å². The molecule has 1 saturated heterocycles. The van der Waals surface area contributed by atoms with Crippen molar-refractivity contribution < 1.29 is 19.2 Å². The fraction of sp³-hybridized carbons (Fsp3) is 0.429. The summed E-state index contributed by atoms with van der Waals surface area (Å²) in [5, 5.41) is 10.6. The Morgan fingerprint density at radius 2 is 2.05 bits per heavy atom. The van der Waals surface area contributed by atoms with Gasteiger partial charge in [-0.1, -0.05) is 0 Å². The number of benzene rings is 1. The number of nitro groups is 1. The quantitative estimate of drug-likeness (QED) is 0.469. The summed E-state index contributed by atoms with van der Waals surface area (Å²) >= 11 is 0. The Balaban J connectivity index is 2.00. The molecular formula is C14H16N2O5. The number of hydrogen-bond acceptors (Lipinski definition) is 5. The van der Waals surface area contributed by atoms with Gasteiger partial charge in [-0.15, -0.1) is 0 Å². The second-order valence-electron chi connectivity index (χ2n) is 4.83. The third-order valence-corrected chi connectivity index (χ3v) is 3.39. The van der Waals surface area contributed by atoms with Gasteiger partial charge < -0.3 is 9.64 Å². The zero-order valence-corrected chi connectivity index (χ0v) is 11.5. The van der Waals surface area contributed by atoms with Crippen molar-refractivity contribution in [1.82, 2.24) is 4.90 Å². The van der Waals surface area contributed by atoms with Gasteiger partial charge in [0.05, 0.1) is 10.5 Å². The molecule has 1 aliphatic heterocycles. The highest BCUT2D eigenvalue weighted by Gasteiger charge is 2.18. The first-order chi connectivity index (χ1) is 10.1. The van der Waals surface area contributed by atoms with Gasteiger partial charge in [0.15, 0.2) is 12.9 Å². The fourth-order valence-electron chi connectivity index (χ4n) is 2.25. The van der Waals surface area contributed by atoms with Gasteiger partial charge in [0.25, 0.3) is 11.6 Å². The van der Waals surface area contributed by atoms with Crippen LogP contribution in [0.15, 0.2) is 18.2 Å². The molecule has 0 unspecified atom stereocenters. The van der Waals surface area contributed by atoms with Crippen molar-refractivity contribution in [2.75, 3.05) is 19.7 Å². The van der Waals surface area contributed by atoms with E-state index in [1.54, 1.807) is 4.90 Å². The van der Waals surface area contributed by atoms with E-state index < -0.39 is 4.92 Å². The van der Waals surface area contributed by atoms with Crippen molar-refractivity contribution in [2.45, 2.75) is 19.3 Å². The van der Waals surface area contributed by atoms with Crippen LogP contribution in [0.25, 0.3) is 0 Å². The highest BCUT2D eigenvalue weighted by Crippen LogP contribution is 2.23. The normalized spacial score (nSPS) is 14.6. The standard InChI is InChI=1S/C14H16N2O5/c17-9-11-8-12(16(19)20)4-5-13(11)21-10-14(18)15-6-2-1-3-7-15/h4-5,8-9H,1-3,6-7,10H2. The average Bonchev–Trinajstić information content (AvgIpc) is 2.53. The summed E-state index contributed by atoms with van der Waals surface area (Å²) in [7, 11) is 0. The molecule has 7 heteroatoms. The zero-order chi connectivity index (χ0) is 15.2. The summed E-state index contributed by atoms with van der Waals surface area (Å²) in [5.41, 5.74) is -0.123. The smallest absolute Gasteiger partial charge is 0.270 e. The molecular weight excluding hydrogens is 276 g/mol. The minimum absolute atomic E-state index is 0.0654. The molecule has 0 N–H and O–H groups in total. The predicted molar refractivity (Wildman–Crippen MR) is 74.4 cm³/mol. The molecule has 0 spiro atoms. The van der Waals surface area contributed by atoms with Gasteiger partial charge in [-0.2, -0.15) is 0 Å². The maximum absolute atomic E-state index is 12.0. The Morgan fingerprint density at radius 1 is 1.33 bits per heavy atom. The topological polar surface area (TPSA) is 89.7 Å². The first-order valence-corrected chi connectivity index (χ1v) is 6.76. The Morgan fingerprint density at radius 3 is 2.67 bits per heavy atom. The lowest BCUT2D eigenvalue weighted by Gasteiger charge is -2.26. The van der Waals surface area contributed by atoms with Crippen molar-refractivity contribution in [2.24, 2.45) is 0 Å². The molecule has 0 saturated carbocycles. The van der Waals surface area contributed by atoms with Crippen molar-refractivity contribution in [3.05, 3.63) is 33.9 Å². The maximum atomic E-state index is 12.0. The number of ether oxygens (including phenoxy) is 1. The Bertz CT molecular complexity index is 552. The predicted octanol–water partition coefficient (Wildman–Crippen LogP) is 1.80. The second kappa shape index (κ2) is 6.83. The lowest BCUT2D eigenvalue weighted by atomic mass is 10.1. The number of non-ortho nitro benzene ring substituents is 1. The first kappa shape index (κ1) is 15.0. The van der Waals surface area contributed by atoms with E-state index in [0.29, 0.717) is 6.29 Å². The average molecular weight is 292 g/mol. The molecule has 1 amide bonds. The Labute approximate surface area is 121 Å². The highest BCUT2D eigenvalue weighted by atomic mass is 16.6. The molecule has 0 radical (unpaired) electrons. The van der Waals surface area contributed by atoms with E-state index in [-0.39, 0.29) is 29.5 Å². The summed E-state index contributed by atoms with van der Waals surface area (Å²) < 4.78 is 5.33. The molecule has 0 bridgehead atoms. The lowest BCUT2D eigenvalue weighted by Crippen LogP contribution is -2.38. The molecule has 1 heterocycles. The second-order valence-corrected chi connectivity index (χ2v) is 4.83. The number of rotatable bonds is 5. The summed E-state index contributed by atoms with van der Waals surface area (Å²) in [6, 6.07) is 3.72. The number of nitrogens with zero attached hydrogens (tertiary/aromatic N) is 2. The number of hydrogen-bond donors (Lipinski definition) is 0. The molecule has 1 aromatic rings. The van der Waals surface area contributed by atoms with Crippen molar-refractivity contribution in [3.63, 3.8) is 0 Å². The lowest BCUT2D eigenvalue weighted by molar-refractivity contribution is -0.384. The van der Waals surface area contributed by atoms with Crippen LogP contribution in [-0.4, -0.2) is 41.7 Å². The summed E-state index contributed by atoms with van der Waals surface area (Å²) in [4.78, 5) is 34.7.